The highest BCUT2D eigenvalue weighted by Gasteiger charge is 1.95. The van der Waals surface area contributed by atoms with Crippen LogP contribution >= 0.6 is 15.9 Å². The smallest absolute Gasteiger partial charge is 0.129 e. The molecule has 2 rings (SSSR count). The van der Waals surface area contributed by atoms with E-state index in [0.29, 0.717) is 13.2 Å². The van der Waals surface area contributed by atoms with Crippen LogP contribution in [0.4, 0.5) is 5.69 Å². The van der Waals surface area contributed by atoms with Gasteiger partial charge in [0.2, 0.25) is 0 Å². The molecule has 17 heavy (non-hydrogen) atoms. The van der Waals surface area contributed by atoms with Crippen LogP contribution in [0.1, 0.15) is 5.76 Å². The third-order valence-electron chi connectivity index (χ3n) is 2.24. The number of rotatable bonds is 6. The van der Waals surface area contributed by atoms with Gasteiger partial charge in [-0.1, -0.05) is 15.9 Å². The van der Waals surface area contributed by atoms with E-state index in [0.717, 1.165) is 22.5 Å². The lowest BCUT2D eigenvalue weighted by atomic mass is 10.3. The molecule has 3 nitrogen and oxygen atoms in total. The molecule has 0 fully saturated rings. The first kappa shape index (κ1) is 12.2. The maximum Gasteiger partial charge on any atom is 0.129 e. The van der Waals surface area contributed by atoms with E-state index >= 15 is 0 Å². The van der Waals surface area contributed by atoms with Crippen molar-refractivity contribution in [2.24, 2.45) is 0 Å². The van der Waals surface area contributed by atoms with Crippen LogP contribution in [0.2, 0.25) is 0 Å². The molecule has 0 bridgehead atoms. The predicted octanol–water partition coefficient (Wildman–Crippen LogP) is 3.67. The fourth-order valence-electron chi connectivity index (χ4n) is 1.40. The summed E-state index contributed by atoms with van der Waals surface area (Å²) in [5.74, 6) is 0.855. The fraction of sp³-hybridized carbons (Fsp3) is 0.231. The van der Waals surface area contributed by atoms with Crippen molar-refractivity contribution in [1.29, 1.82) is 0 Å². The summed E-state index contributed by atoms with van der Waals surface area (Å²) in [5.41, 5.74) is 1.09. The number of anilines is 1. The molecule has 0 radical (unpaired) electrons. The lowest BCUT2D eigenvalue weighted by Crippen LogP contribution is -2.08. The molecule has 1 heterocycles. The summed E-state index contributed by atoms with van der Waals surface area (Å²) in [7, 11) is 0. The Morgan fingerprint density at radius 2 is 2.00 bits per heavy atom. The minimum absolute atomic E-state index is 0.523. The van der Waals surface area contributed by atoms with Gasteiger partial charge in [-0.15, -0.1) is 0 Å². The van der Waals surface area contributed by atoms with E-state index in [2.05, 4.69) is 21.2 Å². The predicted molar refractivity (Wildman–Crippen MR) is 71.0 cm³/mol. The topological polar surface area (TPSA) is 34.4 Å². The van der Waals surface area contributed by atoms with Gasteiger partial charge >= 0.3 is 0 Å². The van der Waals surface area contributed by atoms with Gasteiger partial charge in [-0.25, -0.2) is 0 Å². The Hall–Kier alpha value is -1.26. The van der Waals surface area contributed by atoms with Gasteiger partial charge in [0, 0.05) is 16.7 Å². The second-order valence-electron chi connectivity index (χ2n) is 3.57. The highest BCUT2D eigenvalue weighted by atomic mass is 79.9. The zero-order valence-electron chi connectivity index (χ0n) is 9.36. The SMILES string of the molecule is Brc1ccc(NCCOCc2ccco2)cc1. The van der Waals surface area contributed by atoms with Crippen molar-refractivity contribution in [3.05, 3.63) is 52.9 Å². The molecule has 4 heteroatoms. The molecule has 0 saturated heterocycles. The Morgan fingerprint density at radius 3 is 2.71 bits per heavy atom. The molecule has 0 amide bonds. The summed E-state index contributed by atoms with van der Waals surface area (Å²) in [4.78, 5) is 0. The third kappa shape index (κ3) is 4.24. The first-order chi connectivity index (χ1) is 8.34. The number of ether oxygens (including phenoxy) is 1. The highest BCUT2D eigenvalue weighted by Crippen LogP contribution is 2.13. The minimum atomic E-state index is 0.523. The van der Waals surface area contributed by atoms with Crippen molar-refractivity contribution < 1.29 is 9.15 Å². The summed E-state index contributed by atoms with van der Waals surface area (Å²) in [5, 5.41) is 3.28. The van der Waals surface area contributed by atoms with Crippen molar-refractivity contribution in [2.75, 3.05) is 18.5 Å². The summed E-state index contributed by atoms with van der Waals surface area (Å²) in [6, 6.07) is 11.8. The van der Waals surface area contributed by atoms with Crippen LogP contribution in [0.25, 0.3) is 0 Å². The normalized spacial score (nSPS) is 10.4. The van der Waals surface area contributed by atoms with Crippen LogP contribution in [-0.2, 0) is 11.3 Å². The van der Waals surface area contributed by atoms with Crippen molar-refractivity contribution >= 4 is 21.6 Å². The van der Waals surface area contributed by atoms with Gasteiger partial charge in [-0.3, -0.25) is 0 Å². The lowest BCUT2D eigenvalue weighted by molar-refractivity contribution is 0.115. The molecule has 1 N–H and O–H groups in total. The maximum absolute atomic E-state index is 5.46. The van der Waals surface area contributed by atoms with Crippen molar-refractivity contribution in [3.8, 4) is 0 Å². The first-order valence-electron chi connectivity index (χ1n) is 5.44. The van der Waals surface area contributed by atoms with Crippen molar-refractivity contribution in [1.82, 2.24) is 0 Å². The molecular formula is C13H14BrNO2. The molecule has 0 aliphatic carbocycles. The third-order valence-corrected chi connectivity index (χ3v) is 2.77. The van der Waals surface area contributed by atoms with E-state index < -0.39 is 0 Å². The number of furan rings is 1. The van der Waals surface area contributed by atoms with Crippen LogP contribution in [-0.4, -0.2) is 13.2 Å². The van der Waals surface area contributed by atoms with Crippen LogP contribution in [0.5, 0.6) is 0 Å². The van der Waals surface area contributed by atoms with Gasteiger partial charge in [0.15, 0.2) is 0 Å². The highest BCUT2D eigenvalue weighted by molar-refractivity contribution is 9.10. The van der Waals surface area contributed by atoms with Gasteiger partial charge in [-0.2, -0.15) is 0 Å². The Morgan fingerprint density at radius 1 is 1.18 bits per heavy atom. The van der Waals surface area contributed by atoms with Crippen LogP contribution in [0.15, 0.2) is 51.6 Å². The minimum Gasteiger partial charge on any atom is -0.467 e. The van der Waals surface area contributed by atoms with E-state index in [4.69, 9.17) is 9.15 Å². The van der Waals surface area contributed by atoms with Crippen molar-refractivity contribution in [2.45, 2.75) is 6.61 Å². The van der Waals surface area contributed by atoms with E-state index in [1.165, 1.54) is 0 Å². The Balaban J connectivity index is 1.61. The first-order valence-corrected chi connectivity index (χ1v) is 6.23. The van der Waals surface area contributed by atoms with E-state index in [1.807, 2.05) is 36.4 Å². The number of hydrogen-bond donors (Lipinski definition) is 1. The maximum atomic E-state index is 5.46. The Bertz CT molecular complexity index is 425. The zero-order valence-corrected chi connectivity index (χ0v) is 10.9. The van der Waals surface area contributed by atoms with Crippen molar-refractivity contribution in [3.63, 3.8) is 0 Å². The van der Waals surface area contributed by atoms with E-state index in [-0.39, 0.29) is 0 Å². The van der Waals surface area contributed by atoms with Gasteiger partial charge in [0.25, 0.3) is 0 Å². The van der Waals surface area contributed by atoms with E-state index in [9.17, 15) is 0 Å². The molecule has 0 atom stereocenters. The van der Waals surface area contributed by atoms with Crippen LogP contribution < -0.4 is 5.32 Å². The average molecular weight is 296 g/mol. The lowest BCUT2D eigenvalue weighted by Gasteiger charge is -2.06. The van der Waals surface area contributed by atoms with Crippen LogP contribution in [0.3, 0.4) is 0 Å². The molecule has 0 aliphatic heterocycles. The fourth-order valence-corrected chi connectivity index (χ4v) is 1.67. The number of hydrogen-bond acceptors (Lipinski definition) is 3. The molecule has 0 saturated carbocycles. The average Bonchev–Trinajstić information content (AvgIpc) is 2.84. The van der Waals surface area contributed by atoms with Crippen LogP contribution in [0, 0.1) is 0 Å². The molecule has 1 aromatic heterocycles. The molecule has 2 aromatic rings. The zero-order chi connectivity index (χ0) is 11.9. The summed E-state index contributed by atoms with van der Waals surface area (Å²) < 4.78 is 11.7. The molecule has 0 spiro atoms. The van der Waals surface area contributed by atoms with E-state index in [1.54, 1.807) is 6.26 Å². The molecule has 0 aliphatic rings. The number of benzene rings is 1. The van der Waals surface area contributed by atoms with Gasteiger partial charge < -0.3 is 14.5 Å². The second-order valence-corrected chi connectivity index (χ2v) is 4.48. The summed E-state index contributed by atoms with van der Waals surface area (Å²) in [6.45, 7) is 1.95. The Kier molecular flexibility index (Phi) is 4.64. The van der Waals surface area contributed by atoms with Gasteiger partial charge in [0.1, 0.15) is 12.4 Å². The van der Waals surface area contributed by atoms with Gasteiger partial charge in [-0.05, 0) is 36.4 Å². The number of nitrogens with one attached hydrogen (secondary N) is 1. The standard InChI is InChI=1S/C13H14BrNO2/c14-11-3-5-12(6-4-11)15-7-9-16-10-13-2-1-8-17-13/h1-6,8,15H,7,9-10H2. The molecule has 1 aromatic carbocycles. The summed E-state index contributed by atoms with van der Waals surface area (Å²) >= 11 is 3.40. The Labute approximate surface area is 109 Å². The second kappa shape index (κ2) is 6.47. The molecular weight excluding hydrogens is 282 g/mol. The largest absolute Gasteiger partial charge is 0.467 e. The summed E-state index contributed by atoms with van der Waals surface area (Å²) in [6.07, 6.45) is 1.65. The molecule has 90 valence electrons. The monoisotopic (exact) mass is 295 g/mol. The van der Waals surface area contributed by atoms with Gasteiger partial charge in [0.05, 0.1) is 12.9 Å². The molecule has 0 unspecified atom stereocenters. The quantitative estimate of drug-likeness (QED) is 0.826. The number of halogens is 1.